The van der Waals surface area contributed by atoms with E-state index in [2.05, 4.69) is 12.3 Å². The Kier molecular flexibility index (Phi) is 2.15. The van der Waals surface area contributed by atoms with Crippen LogP contribution in [0.25, 0.3) is 0 Å². The van der Waals surface area contributed by atoms with Gasteiger partial charge in [-0.25, -0.2) is 0 Å². The van der Waals surface area contributed by atoms with Gasteiger partial charge in [0.25, 0.3) is 5.91 Å². The fraction of sp³-hybridized carbons (Fsp3) is 0. The van der Waals surface area contributed by atoms with Crippen LogP contribution in [0.1, 0.15) is 0 Å². The maximum Gasteiger partial charge on any atom is 0.254 e. The monoisotopic (exact) mass is 197 g/mol. The Bertz CT molecular complexity index is 76.8. The Hall–Kier alpha value is -0.0600. The topological polar surface area (TPSA) is 43.1 Å². The van der Waals surface area contributed by atoms with Crippen molar-refractivity contribution in [3.8, 4) is 0 Å². The molecule has 0 saturated heterocycles. The van der Waals surface area contributed by atoms with Crippen molar-refractivity contribution in [2.75, 3.05) is 0 Å². The average molecular weight is 197 g/mol. The summed E-state index contributed by atoms with van der Waals surface area (Å²) in [6, 6.07) is 0. The zero-order chi connectivity index (χ0) is 5.15. The van der Waals surface area contributed by atoms with Crippen LogP contribution in [0.3, 0.4) is 0 Å². The van der Waals surface area contributed by atoms with Crippen LogP contribution < -0.4 is 5.73 Å². The summed E-state index contributed by atoms with van der Waals surface area (Å²) in [5, 5.41) is 0. The number of halogens is 1. The van der Waals surface area contributed by atoms with E-state index in [1.807, 2.05) is 0 Å². The van der Waals surface area contributed by atoms with Gasteiger partial charge in [-0.05, 0) is 22.6 Å². The van der Waals surface area contributed by atoms with E-state index in [0.717, 1.165) is 0 Å². The van der Waals surface area contributed by atoms with E-state index in [4.69, 9.17) is 0 Å². The molecule has 0 aromatic heterocycles. The molecule has 2 N–H and O–H groups in total. The van der Waals surface area contributed by atoms with Crippen molar-refractivity contribution in [2.45, 2.75) is 0 Å². The maximum atomic E-state index is 9.81. The van der Waals surface area contributed by atoms with E-state index >= 15 is 0 Å². The van der Waals surface area contributed by atoms with Crippen molar-refractivity contribution in [2.24, 2.45) is 5.73 Å². The Balaban J connectivity index is 3.57. The van der Waals surface area contributed by atoms with E-state index in [0.29, 0.717) is 3.58 Å². The van der Waals surface area contributed by atoms with Gasteiger partial charge in [-0.2, -0.15) is 0 Å². The summed E-state index contributed by atoms with van der Waals surface area (Å²) in [6.07, 6.45) is 0. The zero-order valence-electron chi connectivity index (χ0n) is 3.07. The van der Waals surface area contributed by atoms with E-state index in [-0.39, 0.29) is 0 Å². The third-order valence-corrected chi connectivity index (χ3v) is 0.799. The van der Waals surface area contributed by atoms with Gasteiger partial charge in [0, 0.05) is 0 Å². The standard InChI is InChI=1S/C3H4INO/c1-2(4)3(5)6/h1H2,(H2,5,6). The molecule has 0 saturated carbocycles. The minimum absolute atomic E-state index is 0.368. The first-order valence-electron chi connectivity index (χ1n) is 1.29. The minimum atomic E-state index is -0.449. The first-order chi connectivity index (χ1) is 2.64. The molecule has 0 heterocycles. The second-order valence-electron chi connectivity index (χ2n) is 0.769. The zero-order valence-corrected chi connectivity index (χ0v) is 5.23. The van der Waals surface area contributed by atoms with Crippen LogP contribution in [-0.4, -0.2) is 5.91 Å². The van der Waals surface area contributed by atoms with Gasteiger partial charge >= 0.3 is 0 Å². The molecule has 0 aliphatic carbocycles. The number of rotatable bonds is 1. The van der Waals surface area contributed by atoms with Crippen molar-refractivity contribution in [3.05, 3.63) is 10.2 Å². The lowest BCUT2D eigenvalue weighted by atomic mass is 10.6. The normalized spacial score (nSPS) is 7.50. The number of nitrogens with two attached hydrogens (primary N) is 1. The summed E-state index contributed by atoms with van der Waals surface area (Å²) in [7, 11) is 0. The average Bonchev–Trinajstić information content (AvgIpc) is 1.36. The predicted octanol–water partition coefficient (Wildman–Crippen LogP) is 0.420. The number of carbonyl (C=O) groups excluding carboxylic acids is 1. The highest BCUT2D eigenvalue weighted by Gasteiger charge is 1.89. The largest absolute Gasteiger partial charge is 0.365 e. The molecule has 0 aliphatic heterocycles. The molecule has 0 fully saturated rings. The molecular formula is C3H4INO. The highest BCUT2D eigenvalue weighted by molar-refractivity contribution is 14.1. The third-order valence-electron chi connectivity index (χ3n) is 0.267. The molecule has 1 amide bonds. The summed E-state index contributed by atoms with van der Waals surface area (Å²) in [5.74, 6) is -0.449. The second-order valence-corrected chi connectivity index (χ2v) is 2.07. The molecule has 0 radical (unpaired) electrons. The Morgan fingerprint density at radius 2 is 2.00 bits per heavy atom. The van der Waals surface area contributed by atoms with Crippen molar-refractivity contribution >= 4 is 28.5 Å². The fourth-order valence-electron chi connectivity index (χ4n) is 0. The highest BCUT2D eigenvalue weighted by Crippen LogP contribution is 1.96. The Morgan fingerprint density at radius 1 is 1.83 bits per heavy atom. The summed E-state index contributed by atoms with van der Waals surface area (Å²) < 4.78 is 0.368. The van der Waals surface area contributed by atoms with Crippen LogP contribution in [0.15, 0.2) is 10.2 Å². The maximum absolute atomic E-state index is 9.81. The van der Waals surface area contributed by atoms with E-state index in [9.17, 15) is 4.79 Å². The van der Waals surface area contributed by atoms with Gasteiger partial charge in [0.1, 0.15) is 0 Å². The molecule has 0 atom stereocenters. The highest BCUT2D eigenvalue weighted by atomic mass is 127. The van der Waals surface area contributed by atoms with Crippen LogP contribution in [0.5, 0.6) is 0 Å². The van der Waals surface area contributed by atoms with E-state index < -0.39 is 5.91 Å². The molecule has 2 nitrogen and oxygen atoms in total. The Morgan fingerprint density at radius 3 is 2.00 bits per heavy atom. The molecule has 0 rings (SSSR count). The summed E-state index contributed by atoms with van der Waals surface area (Å²) in [4.78, 5) is 9.81. The van der Waals surface area contributed by atoms with Crippen LogP contribution in [0.2, 0.25) is 0 Å². The first kappa shape index (κ1) is 5.94. The van der Waals surface area contributed by atoms with Gasteiger partial charge in [-0.15, -0.1) is 0 Å². The SMILES string of the molecule is C=C(I)C(N)=O. The van der Waals surface area contributed by atoms with Crippen LogP contribution in [-0.2, 0) is 4.79 Å². The summed E-state index contributed by atoms with van der Waals surface area (Å²) in [5.41, 5.74) is 4.69. The lowest BCUT2D eigenvalue weighted by Crippen LogP contribution is -2.08. The van der Waals surface area contributed by atoms with Crippen molar-refractivity contribution in [3.63, 3.8) is 0 Å². The molecule has 0 bridgehead atoms. The smallest absolute Gasteiger partial charge is 0.254 e. The van der Waals surface area contributed by atoms with Crippen LogP contribution >= 0.6 is 22.6 Å². The molecule has 0 aliphatic rings. The van der Waals surface area contributed by atoms with Gasteiger partial charge in [-0.3, -0.25) is 4.79 Å². The molecule has 34 valence electrons. The number of carbonyl (C=O) groups is 1. The first-order valence-corrected chi connectivity index (χ1v) is 2.36. The van der Waals surface area contributed by atoms with E-state index in [1.165, 1.54) is 0 Å². The lowest BCUT2D eigenvalue weighted by Gasteiger charge is -1.79. The quantitative estimate of drug-likeness (QED) is 0.480. The van der Waals surface area contributed by atoms with Gasteiger partial charge < -0.3 is 5.73 Å². The van der Waals surface area contributed by atoms with Gasteiger partial charge in [-0.1, -0.05) is 6.58 Å². The third kappa shape index (κ3) is 2.19. The molecule has 0 spiro atoms. The molecule has 0 unspecified atom stereocenters. The Labute approximate surface area is 49.5 Å². The molecule has 3 heteroatoms. The summed E-state index contributed by atoms with van der Waals surface area (Å²) in [6.45, 7) is 3.27. The summed E-state index contributed by atoms with van der Waals surface area (Å²) >= 11 is 1.76. The van der Waals surface area contributed by atoms with E-state index in [1.54, 1.807) is 22.6 Å². The van der Waals surface area contributed by atoms with Gasteiger partial charge in [0.15, 0.2) is 0 Å². The van der Waals surface area contributed by atoms with Gasteiger partial charge in [0.05, 0.1) is 3.58 Å². The molecule has 0 aromatic carbocycles. The minimum Gasteiger partial charge on any atom is -0.365 e. The van der Waals surface area contributed by atoms with Crippen molar-refractivity contribution < 1.29 is 4.79 Å². The van der Waals surface area contributed by atoms with Crippen LogP contribution in [0, 0.1) is 0 Å². The predicted molar refractivity (Wildman–Crippen MR) is 32.4 cm³/mol. The second kappa shape index (κ2) is 2.17. The number of primary amides is 1. The number of hydrogen-bond donors (Lipinski definition) is 1. The number of hydrogen-bond acceptors (Lipinski definition) is 1. The molecular weight excluding hydrogens is 193 g/mol. The van der Waals surface area contributed by atoms with Gasteiger partial charge in [0.2, 0.25) is 0 Å². The van der Waals surface area contributed by atoms with Crippen molar-refractivity contribution in [1.82, 2.24) is 0 Å². The fourth-order valence-corrected chi connectivity index (χ4v) is 0. The molecule has 0 aromatic rings. The van der Waals surface area contributed by atoms with Crippen LogP contribution in [0.4, 0.5) is 0 Å². The molecule has 6 heavy (non-hydrogen) atoms. The van der Waals surface area contributed by atoms with Crippen molar-refractivity contribution in [1.29, 1.82) is 0 Å². The number of amides is 1. The lowest BCUT2D eigenvalue weighted by molar-refractivity contribution is -0.113.